The van der Waals surface area contributed by atoms with E-state index in [0.29, 0.717) is 28.7 Å². The zero-order valence-electron chi connectivity index (χ0n) is 19.8. The minimum atomic E-state index is -0.257. The average Bonchev–Trinajstić information content (AvgIpc) is 3.61. The second-order valence-corrected chi connectivity index (χ2v) is 10.0. The summed E-state index contributed by atoms with van der Waals surface area (Å²) in [4.78, 5) is 33.5. The Morgan fingerprint density at radius 3 is 2.69 bits per heavy atom. The molecule has 36 heavy (non-hydrogen) atoms. The Morgan fingerprint density at radius 2 is 1.83 bits per heavy atom. The highest BCUT2D eigenvalue weighted by Gasteiger charge is 2.27. The molecule has 4 aromatic rings. The maximum Gasteiger partial charge on any atom is 0.258 e. The van der Waals surface area contributed by atoms with Crippen molar-refractivity contribution in [1.29, 1.82) is 0 Å². The Bertz CT molecular complexity index is 1530. The SMILES string of the molecule is Cc1ccccc1C(=O)N1CCc2cc(-c3nc(NC(=O)c4ccc5c(c4)OCO5)sc3C)ccc21. The van der Waals surface area contributed by atoms with Crippen LogP contribution in [0.5, 0.6) is 11.5 Å². The number of hydrogen-bond acceptors (Lipinski definition) is 6. The second-order valence-electron chi connectivity index (χ2n) is 8.81. The third-order valence-electron chi connectivity index (χ3n) is 6.52. The zero-order valence-corrected chi connectivity index (χ0v) is 20.6. The standard InChI is InChI=1S/C28H23N3O4S/c1-16-5-3-4-6-21(16)27(33)31-12-11-18-13-19(7-9-22(18)31)25-17(2)36-28(29-25)30-26(32)20-8-10-23-24(14-20)35-15-34-23/h3-10,13-14H,11-12,15H2,1-2H3,(H,29,30,32). The highest BCUT2D eigenvalue weighted by atomic mass is 32.1. The Labute approximate surface area is 212 Å². The van der Waals surface area contributed by atoms with Crippen molar-refractivity contribution in [3.8, 4) is 22.8 Å². The number of carbonyl (C=O) groups excluding carboxylic acids is 2. The van der Waals surface area contributed by atoms with Gasteiger partial charge < -0.3 is 14.4 Å². The minimum absolute atomic E-state index is 0.0259. The molecule has 3 aromatic carbocycles. The number of ether oxygens (including phenoxy) is 2. The van der Waals surface area contributed by atoms with E-state index in [1.165, 1.54) is 11.3 Å². The highest BCUT2D eigenvalue weighted by molar-refractivity contribution is 7.16. The van der Waals surface area contributed by atoms with Gasteiger partial charge in [-0.15, -0.1) is 11.3 Å². The van der Waals surface area contributed by atoms with E-state index in [9.17, 15) is 9.59 Å². The molecule has 6 rings (SSSR count). The number of rotatable bonds is 4. The molecule has 1 N–H and O–H groups in total. The molecule has 0 radical (unpaired) electrons. The number of thiazole rings is 1. The molecule has 0 fully saturated rings. The molecule has 0 aliphatic carbocycles. The van der Waals surface area contributed by atoms with Gasteiger partial charge in [-0.25, -0.2) is 4.98 Å². The van der Waals surface area contributed by atoms with Gasteiger partial charge in [-0.2, -0.15) is 0 Å². The van der Waals surface area contributed by atoms with Gasteiger partial charge in [-0.05, 0) is 67.8 Å². The zero-order chi connectivity index (χ0) is 24.8. The third kappa shape index (κ3) is 3.89. The molecule has 3 heterocycles. The van der Waals surface area contributed by atoms with Crippen molar-refractivity contribution in [2.24, 2.45) is 0 Å². The molecule has 0 saturated heterocycles. The molecule has 2 amide bonds. The van der Waals surface area contributed by atoms with Crippen LogP contribution in [0.15, 0.2) is 60.7 Å². The topological polar surface area (TPSA) is 80.8 Å². The van der Waals surface area contributed by atoms with Crippen molar-refractivity contribution in [2.45, 2.75) is 20.3 Å². The number of nitrogens with one attached hydrogen (secondary N) is 1. The Hall–Kier alpha value is -4.17. The number of carbonyl (C=O) groups is 2. The van der Waals surface area contributed by atoms with Crippen molar-refractivity contribution in [2.75, 3.05) is 23.6 Å². The van der Waals surface area contributed by atoms with Crippen LogP contribution < -0.4 is 19.7 Å². The predicted octanol–water partition coefficient (Wildman–Crippen LogP) is 5.61. The molecule has 2 aliphatic heterocycles. The van der Waals surface area contributed by atoms with Crippen molar-refractivity contribution in [3.05, 3.63) is 87.8 Å². The molecule has 7 nitrogen and oxygen atoms in total. The Kier molecular flexibility index (Phi) is 5.45. The number of nitrogens with zero attached hydrogens (tertiary/aromatic N) is 2. The predicted molar refractivity (Wildman–Crippen MR) is 139 cm³/mol. The summed E-state index contributed by atoms with van der Waals surface area (Å²) < 4.78 is 10.7. The molecule has 0 saturated carbocycles. The monoisotopic (exact) mass is 497 g/mol. The molecule has 180 valence electrons. The fourth-order valence-corrected chi connectivity index (χ4v) is 5.47. The third-order valence-corrected chi connectivity index (χ3v) is 7.41. The van der Waals surface area contributed by atoms with Gasteiger partial charge in [0.15, 0.2) is 16.6 Å². The van der Waals surface area contributed by atoms with Crippen molar-refractivity contribution in [3.63, 3.8) is 0 Å². The lowest BCUT2D eigenvalue weighted by molar-refractivity contribution is 0.0987. The fourth-order valence-electron chi connectivity index (χ4n) is 4.64. The van der Waals surface area contributed by atoms with Gasteiger partial charge in [0, 0.05) is 33.8 Å². The van der Waals surface area contributed by atoms with Gasteiger partial charge in [-0.3, -0.25) is 14.9 Å². The van der Waals surface area contributed by atoms with Crippen LogP contribution in [-0.4, -0.2) is 30.1 Å². The first-order valence-electron chi connectivity index (χ1n) is 11.7. The van der Waals surface area contributed by atoms with Crippen LogP contribution >= 0.6 is 11.3 Å². The number of anilines is 2. The summed E-state index contributed by atoms with van der Waals surface area (Å²) in [6.45, 7) is 4.76. The van der Waals surface area contributed by atoms with Crippen LogP contribution in [0.2, 0.25) is 0 Å². The summed E-state index contributed by atoms with van der Waals surface area (Å²) in [5.74, 6) is 0.965. The summed E-state index contributed by atoms with van der Waals surface area (Å²) in [5.41, 5.74) is 6.03. The minimum Gasteiger partial charge on any atom is -0.454 e. The summed E-state index contributed by atoms with van der Waals surface area (Å²) in [7, 11) is 0. The Balaban J connectivity index is 1.22. The largest absolute Gasteiger partial charge is 0.454 e. The van der Waals surface area contributed by atoms with Crippen LogP contribution in [-0.2, 0) is 6.42 Å². The number of fused-ring (bicyclic) bond motifs is 2. The molecule has 8 heteroatoms. The van der Waals surface area contributed by atoms with Gasteiger partial charge in [0.2, 0.25) is 6.79 Å². The van der Waals surface area contributed by atoms with E-state index in [-0.39, 0.29) is 18.6 Å². The van der Waals surface area contributed by atoms with E-state index in [1.807, 2.05) is 55.1 Å². The van der Waals surface area contributed by atoms with E-state index in [0.717, 1.165) is 44.9 Å². The lowest BCUT2D eigenvalue weighted by Gasteiger charge is -2.18. The van der Waals surface area contributed by atoms with Crippen molar-refractivity contribution in [1.82, 2.24) is 4.98 Å². The first-order chi connectivity index (χ1) is 17.5. The molecule has 1 aromatic heterocycles. The molecular weight excluding hydrogens is 474 g/mol. The first-order valence-corrected chi connectivity index (χ1v) is 12.5. The number of aromatic nitrogens is 1. The molecule has 2 aliphatic rings. The van der Waals surface area contributed by atoms with Gasteiger partial charge in [-0.1, -0.05) is 24.3 Å². The maximum absolute atomic E-state index is 13.2. The fraction of sp³-hybridized carbons (Fsp3) is 0.179. The van der Waals surface area contributed by atoms with Crippen LogP contribution in [0, 0.1) is 13.8 Å². The number of aryl methyl sites for hydroxylation is 2. The van der Waals surface area contributed by atoms with Crippen LogP contribution in [0.3, 0.4) is 0 Å². The maximum atomic E-state index is 13.2. The number of benzene rings is 3. The van der Waals surface area contributed by atoms with Crippen LogP contribution in [0.4, 0.5) is 10.8 Å². The lowest BCUT2D eigenvalue weighted by Crippen LogP contribution is -2.29. The molecule has 0 bridgehead atoms. The van der Waals surface area contributed by atoms with Gasteiger partial charge in [0.05, 0.1) is 5.69 Å². The number of amides is 2. The van der Waals surface area contributed by atoms with Crippen molar-refractivity contribution >= 4 is 34.0 Å². The summed E-state index contributed by atoms with van der Waals surface area (Å²) in [5, 5.41) is 3.43. The average molecular weight is 498 g/mol. The lowest BCUT2D eigenvalue weighted by atomic mass is 10.0. The molecule has 0 atom stereocenters. The molecular formula is C28H23N3O4S. The highest BCUT2D eigenvalue weighted by Crippen LogP contribution is 2.37. The summed E-state index contributed by atoms with van der Waals surface area (Å²) >= 11 is 1.43. The quantitative estimate of drug-likeness (QED) is 0.396. The van der Waals surface area contributed by atoms with E-state index in [4.69, 9.17) is 14.5 Å². The van der Waals surface area contributed by atoms with E-state index in [1.54, 1.807) is 18.2 Å². The summed E-state index contributed by atoms with van der Waals surface area (Å²) in [6, 6.07) is 18.9. The van der Waals surface area contributed by atoms with Crippen LogP contribution in [0.1, 0.15) is 36.7 Å². The van der Waals surface area contributed by atoms with Gasteiger partial charge in [0.1, 0.15) is 0 Å². The molecule has 0 spiro atoms. The van der Waals surface area contributed by atoms with E-state index < -0.39 is 0 Å². The van der Waals surface area contributed by atoms with Gasteiger partial charge >= 0.3 is 0 Å². The van der Waals surface area contributed by atoms with Crippen LogP contribution in [0.25, 0.3) is 11.3 Å². The van der Waals surface area contributed by atoms with Crippen molar-refractivity contribution < 1.29 is 19.1 Å². The molecule has 0 unspecified atom stereocenters. The second kappa shape index (κ2) is 8.80. The normalized spacial score (nSPS) is 13.6. The van der Waals surface area contributed by atoms with E-state index >= 15 is 0 Å². The number of hydrogen-bond donors (Lipinski definition) is 1. The van der Waals surface area contributed by atoms with Gasteiger partial charge in [0.25, 0.3) is 11.8 Å². The van der Waals surface area contributed by atoms with E-state index in [2.05, 4.69) is 11.4 Å². The first kappa shape index (κ1) is 22.3. The smallest absolute Gasteiger partial charge is 0.258 e. The summed E-state index contributed by atoms with van der Waals surface area (Å²) in [6.07, 6.45) is 0.789. The Morgan fingerprint density at radius 1 is 1.00 bits per heavy atom.